The second-order valence-corrected chi connectivity index (χ2v) is 11.2. The number of hydrogen-bond acceptors (Lipinski definition) is 7. The van der Waals surface area contributed by atoms with Gasteiger partial charge < -0.3 is 29.9 Å². The van der Waals surface area contributed by atoms with Crippen LogP contribution in [0.2, 0.25) is 5.02 Å². The number of anilines is 1. The lowest BCUT2D eigenvalue weighted by atomic mass is 9.80. The fourth-order valence-electron chi connectivity index (χ4n) is 5.73. The van der Waals surface area contributed by atoms with Crippen molar-refractivity contribution in [3.05, 3.63) is 64.6 Å². The second-order valence-electron chi connectivity index (χ2n) is 10.8. The molecule has 0 spiro atoms. The number of nitrogens with one attached hydrogen (secondary N) is 2. The molecule has 0 bridgehead atoms. The summed E-state index contributed by atoms with van der Waals surface area (Å²) in [4.78, 5) is 44.9. The zero-order valence-electron chi connectivity index (χ0n) is 23.7. The summed E-state index contributed by atoms with van der Waals surface area (Å²) in [6, 6.07) is 7.12. The van der Waals surface area contributed by atoms with Gasteiger partial charge in [-0.2, -0.15) is 4.39 Å². The average Bonchev–Trinajstić information content (AvgIpc) is 3.39. The van der Waals surface area contributed by atoms with Gasteiger partial charge in [0.2, 0.25) is 5.82 Å². The van der Waals surface area contributed by atoms with Crippen LogP contribution in [-0.4, -0.2) is 76.5 Å². The van der Waals surface area contributed by atoms with Crippen LogP contribution in [0.15, 0.2) is 36.5 Å². The molecule has 0 unspecified atom stereocenters. The normalized spacial score (nSPS) is 19.3. The monoisotopic (exact) mass is 615 g/mol. The SMILES string of the molecule is COc1ccc(-c2cnc(C(=O)Nc3ccc(C(=O)N4CCC(C(=O)[C@H]5CCNC[C@H]5O)CC4)c(Cl)c3)n2C)c(F)c1F. The minimum Gasteiger partial charge on any atom is -0.494 e. The van der Waals surface area contributed by atoms with Crippen molar-refractivity contribution >= 4 is 34.9 Å². The lowest BCUT2D eigenvalue weighted by molar-refractivity contribution is -0.132. The predicted octanol–water partition coefficient (Wildman–Crippen LogP) is 3.67. The summed E-state index contributed by atoms with van der Waals surface area (Å²) >= 11 is 6.45. The van der Waals surface area contributed by atoms with Crippen molar-refractivity contribution in [2.75, 3.05) is 38.6 Å². The third kappa shape index (κ3) is 6.13. The van der Waals surface area contributed by atoms with Crippen LogP contribution in [0.1, 0.15) is 40.2 Å². The largest absolute Gasteiger partial charge is 0.494 e. The topological polar surface area (TPSA) is 126 Å². The summed E-state index contributed by atoms with van der Waals surface area (Å²) in [6.45, 7) is 1.90. The molecule has 0 radical (unpaired) electrons. The van der Waals surface area contributed by atoms with Gasteiger partial charge in [-0.3, -0.25) is 14.4 Å². The van der Waals surface area contributed by atoms with E-state index in [1.165, 1.54) is 55.3 Å². The Morgan fingerprint density at radius 3 is 2.53 bits per heavy atom. The number of ketones is 1. The van der Waals surface area contributed by atoms with Crippen molar-refractivity contribution in [3.63, 3.8) is 0 Å². The molecule has 10 nitrogen and oxygen atoms in total. The molecule has 0 saturated carbocycles. The van der Waals surface area contributed by atoms with E-state index >= 15 is 0 Å². The number of rotatable bonds is 7. The van der Waals surface area contributed by atoms with Gasteiger partial charge in [0.05, 0.1) is 35.7 Å². The van der Waals surface area contributed by atoms with Crippen LogP contribution < -0.4 is 15.4 Å². The number of aliphatic hydroxyl groups is 1. The first-order valence-electron chi connectivity index (χ1n) is 14.0. The second kappa shape index (κ2) is 12.8. The van der Waals surface area contributed by atoms with Crippen molar-refractivity contribution < 1.29 is 33.0 Å². The number of hydrogen-bond donors (Lipinski definition) is 3. The lowest BCUT2D eigenvalue weighted by Crippen LogP contribution is -2.48. The number of nitrogens with zero attached hydrogens (tertiary/aromatic N) is 3. The third-order valence-electron chi connectivity index (χ3n) is 8.19. The molecule has 5 rings (SSSR count). The number of Topliss-reactive ketones (excluding diaryl/α,β-unsaturated/α-hetero) is 1. The van der Waals surface area contributed by atoms with Gasteiger partial charge in [0.1, 0.15) is 5.78 Å². The van der Waals surface area contributed by atoms with Gasteiger partial charge in [0.25, 0.3) is 11.8 Å². The van der Waals surface area contributed by atoms with Crippen molar-refractivity contribution in [3.8, 4) is 17.0 Å². The number of amides is 2. The van der Waals surface area contributed by atoms with Crippen LogP contribution in [0.4, 0.5) is 14.5 Å². The minimum absolute atomic E-state index is 0.0590. The molecule has 2 atom stereocenters. The average molecular weight is 616 g/mol. The maximum atomic E-state index is 14.6. The van der Waals surface area contributed by atoms with Gasteiger partial charge in [-0.05, 0) is 56.1 Å². The molecule has 228 valence electrons. The number of methoxy groups -OCH3 is 1. The number of aliphatic hydroxyl groups excluding tert-OH is 1. The number of imidazole rings is 1. The number of β-amino-alcohol motifs (C(OH)–C–C–N with tert-alkyl or cyclic N) is 1. The fourth-order valence-corrected chi connectivity index (χ4v) is 5.99. The molecule has 2 aliphatic rings. The summed E-state index contributed by atoms with van der Waals surface area (Å²) in [7, 11) is 2.73. The predicted molar refractivity (Wildman–Crippen MR) is 155 cm³/mol. The minimum atomic E-state index is -1.15. The van der Waals surface area contributed by atoms with Gasteiger partial charge in [0, 0.05) is 49.8 Å². The molecule has 2 amide bonds. The highest BCUT2D eigenvalue weighted by Crippen LogP contribution is 2.31. The number of carbonyl (C=O) groups is 3. The standard InChI is InChI=1S/C30H32ClF2N5O5/c1-37-22(19-5-6-24(43-2)26(33)25(19)32)14-35-28(37)29(41)36-17-3-4-18(21(31)13-17)30(42)38-11-8-16(9-12-38)27(40)20-7-10-34-15-23(20)39/h3-6,13-14,16,20,23,34,39H,7-12,15H2,1-2H3,(H,36,41)/t20-,23+/m0/s1. The summed E-state index contributed by atoms with van der Waals surface area (Å²) in [6.07, 6.45) is 2.23. The Hall–Kier alpha value is -3.87. The maximum absolute atomic E-state index is 14.6. The zero-order valence-corrected chi connectivity index (χ0v) is 24.5. The van der Waals surface area contributed by atoms with E-state index in [1.807, 2.05) is 0 Å². The van der Waals surface area contributed by atoms with Crippen LogP contribution in [0, 0.1) is 23.5 Å². The Morgan fingerprint density at radius 1 is 1.12 bits per heavy atom. The molecule has 2 fully saturated rings. The first-order valence-corrected chi connectivity index (χ1v) is 14.3. The quantitative estimate of drug-likeness (QED) is 0.370. The van der Waals surface area contributed by atoms with E-state index in [9.17, 15) is 28.3 Å². The highest BCUT2D eigenvalue weighted by molar-refractivity contribution is 6.34. The van der Waals surface area contributed by atoms with Gasteiger partial charge in [0.15, 0.2) is 17.4 Å². The van der Waals surface area contributed by atoms with Gasteiger partial charge in [-0.15, -0.1) is 0 Å². The van der Waals surface area contributed by atoms with Gasteiger partial charge in [-0.25, -0.2) is 9.37 Å². The van der Waals surface area contributed by atoms with Crippen LogP contribution in [0.3, 0.4) is 0 Å². The first-order chi connectivity index (χ1) is 20.6. The molecule has 2 saturated heterocycles. The van der Waals surface area contributed by atoms with Crippen molar-refractivity contribution in [1.29, 1.82) is 0 Å². The third-order valence-corrected chi connectivity index (χ3v) is 8.50. The van der Waals surface area contributed by atoms with E-state index in [4.69, 9.17) is 16.3 Å². The molecular formula is C30H32ClF2N5O5. The molecule has 13 heteroatoms. The van der Waals surface area contributed by atoms with Gasteiger partial charge in [-0.1, -0.05) is 11.6 Å². The molecule has 3 N–H and O–H groups in total. The summed E-state index contributed by atoms with van der Waals surface area (Å²) in [5.41, 5.74) is 0.660. The van der Waals surface area contributed by atoms with Crippen LogP contribution >= 0.6 is 11.6 Å². The van der Waals surface area contributed by atoms with E-state index in [-0.39, 0.29) is 56.9 Å². The van der Waals surface area contributed by atoms with E-state index < -0.39 is 23.6 Å². The molecule has 43 heavy (non-hydrogen) atoms. The summed E-state index contributed by atoms with van der Waals surface area (Å²) < 4.78 is 35.0. The van der Waals surface area contributed by atoms with Crippen molar-refractivity contribution in [1.82, 2.24) is 19.8 Å². The number of carbonyl (C=O) groups excluding carboxylic acids is 3. The Labute approximate surface area is 252 Å². The van der Waals surface area contributed by atoms with Gasteiger partial charge >= 0.3 is 0 Å². The molecule has 1 aromatic heterocycles. The van der Waals surface area contributed by atoms with Crippen LogP contribution in [-0.2, 0) is 11.8 Å². The Bertz CT molecular complexity index is 1560. The number of aromatic nitrogens is 2. The van der Waals surface area contributed by atoms with E-state index in [1.54, 1.807) is 4.90 Å². The van der Waals surface area contributed by atoms with Crippen molar-refractivity contribution in [2.24, 2.45) is 18.9 Å². The number of ether oxygens (including phenoxy) is 1. The number of likely N-dealkylation sites (tertiary alicyclic amines) is 1. The zero-order chi connectivity index (χ0) is 30.8. The lowest BCUT2D eigenvalue weighted by Gasteiger charge is -2.35. The maximum Gasteiger partial charge on any atom is 0.291 e. The number of halogens is 3. The Kier molecular flexibility index (Phi) is 9.09. The summed E-state index contributed by atoms with van der Waals surface area (Å²) in [5, 5.41) is 16.1. The van der Waals surface area contributed by atoms with E-state index in [0.717, 1.165) is 0 Å². The molecular weight excluding hydrogens is 584 g/mol. The first kappa shape index (κ1) is 30.6. The van der Waals surface area contributed by atoms with Crippen molar-refractivity contribution in [2.45, 2.75) is 25.4 Å². The smallest absolute Gasteiger partial charge is 0.291 e. The highest BCUT2D eigenvalue weighted by Gasteiger charge is 2.36. The fraction of sp³-hybridized carbons (Fsp3) is 0.400. The molecule has 2 aliphatic heterocycles. The summed E-state index contributed by atoms with van der Waals surface area (Å²) in [5.74, 6) is -3.97. The molecule has 3 aromatic rings. The van der Waals surface area contributed by atoms with E-state index in [2.05, 4.69) is 15.6 Å². The molecule has 2 aromatic carbocycles. The highest BCUT2D eigenvalue weighted by atomic mass is 35.5. The number of benzene rings is 2. The van der Waals surface area contributed by atoms with Crippen LogP contribution in [0.5, 0.6) is 5.75 Å². The Morgan fingerprint density at radius 2 is 1.86 bits per heavy atom. The van der Waals surface area contributed by atoms with E-state index in [0.29, 0.717) is 51.1 Å². The molecule has 0 aliphatic carbocycles. The number of piperidine rings is 2. The Balaban J connectivity index is 1.22. The molecule has 3 heterocycles. The van der Waals surface area contributed by atoms with Crippen LogP contribution in [0.25, 0.3) is 11.3 Å².